The predicted octanol–water partition coefficient (Wildman–Crippen LogP) is 2.51. The van der Waals surface area contributed by atoms with E-state index in [-0.39, 0.29) is 42.2 Å². The molecule has 24 heteroatoms. The highest BCUT2D eigenvalue weighted by molar-refractivity contribution is 6.67. The zero-order valence-electron chi connectivity index (χ0n) is 42.8. The van der Waals surface area contributed by atoms with Crippen molar-refractivity contribution < 1.29 is 69.2 Å². The van der Waals surface area contributed by atoms with Gasteiger partial charge in [0.2, 0.25) is 0 Å². The normalized spacial score (nSPS) is 27.8. The minimum atomic E-state index is -2.52. The number of hydrogen-bond donors (Lipinski definition) is 0. The van der Waals surface area contributed by atoms with Crippen molar-refractivity contribution in [2.75, 3.05) is 149 Å². The van der Waals surface area contributed by atoms with Gasteiger partial charge in [-0.15, -0.1) is 0 Å². The Morgan fingerprint density at radius 2 is 0.712 bits per heavy atom. The van der Waals surface area contributed by atoms with E-state index in [4.69, 9.17) is 69.2 Å². The molecule has 66 heavy (non-hydrogen) atoms. The third-order valence-electron chi connectivity index (χ3n) is 10.6. The van der Waals surface area contributed by atoms with Gasteiger partial charge in [0.1, 0.15) is 52.4 Å². The Kier molecular flexibility index (Phi) is 31.4. The van der Waals surface area contributed by atoms with Crippen LogP contribution in [-0.2, 0) is 69.2 Å². The second-order valence-electron chi connectivity index (χ2n) is 16.8. The van der Waals surface area contributed by atoms with Crippen molar-refractivity contribution in [3.63, 3.8) is 0 Å². The van der Waals surface area contributed by atoms with Gasteiger partial charge in [-0.25, -0.2) is 0 Å². The summed E-state index contributed by atoms with van der Waals surface area (Å²) in [7, 11) is -6.10. The first-order valence-electron chi connectivity index (χ1n) is 24.6. The molecule has 0 saturated carbocycles. The quantitative estimate of drug-likeness (QED) is 0.0659. The van der Waals surface area contributed by atoms with Gasteiger partial charge in [0.25, 0.3) is 0 Å². The SMILES string of the molecule is CCOC(OCC)[Si]CN1CC(COCC(COCC2CN(C[Si]C(OCC)OCC)C[Si](C)(OCC)O2)OCC2CN(C[Si]C(OCC)OCC)C[Si](C)(OCC)O2)O[Si](C)(OCC)C1. The second kappa shape index (κ2) is 34.1. The van der Waals surface area contributed by atoms with Crippen LogP contribution >= 0.6 is 0 Å². The lowest BCUT2D eigenvalue weighted by Crippen LogP contribution is -2.62. The maximum atomic E-state index is 6.76. The van der Waals surface area contributed by atoms with Crippen LogP contribution in [0.15, 0.2) is 0 Å². The van der Waals surface area contributed by atoms with Crippen LogP contribution in [0.1, 0.15) is 62.3 Å². The van der Waals surface area contributed by atoms with Crippen LogP contribution in [0.2, 0.25) is 19.6 Å². The molecule has 6 unspecified atom stereocenters. The largest absolute Gasteiger partial charge is 0.394 e. The summed E-state index contributed by atoms with van der Waals surface area (Å²) in [6, 6.07) is 0. The molecule has 6 radical (unpaired) electrons. The zero-order chi connectivity index (χ0) is 48.3. The summed E-state index contributed by atoms with van der Waals surface area (Å²) in [4.78, 5) is 7.29. The molecule has 0 bridgehead atoms. The van der Waals surface area contributed by atoms with Gasteiger partial charge >= 0.3 is 25.7 Å². The number of ether oxygens (including phenoxy) is 9. The van der Waals surface area contributed by atoms with Crippen molar-refractivity contribution >= 4 is 54.2 Å². The van der Waals surface area contributed by atoms with Gasteiger partial charge < -0.3 is 83.9 Å². The highest BCUT2D eigenvalue weighted by Gasteiger charge is 2.44. The Bertz CT molecular complexity index is 1170. The van der Waals surface area contributed by atoms with Gasteiger partial charge in [-0.3, -0.25) is 0 Å². The fourth-order valence-corrected chi connectivity index (χ4v) is 21.0. The molecule has 3 aliphatic heterocycles. The molecular weight excluding hydrogens is 955 g/mol. The molecule has 3 heterocycles. The van der Waals surface area contributed by atoms with E-state index >= 15 is 0 Å². The van der Waals surface area contributed by atoms with Gasteiger partial charge in [-0.1, -0.05) is 0 Å². The summed E-state index contributed by atoms with van der Waals surface area (Å²) >= 11 is 0. The molecule has 0 aliphatic carbocycles. The van der Waals surface area contributed by atoms with Crippen LogP contribution in [0.25, 0.3) is 0 Å². The van der Waals surface area contributed by atoms with Crippen molar-refractivity contribution in [3.05, 3.63) is 0 Å². The number of nitrogens with zero attached hydrogens (tertiary/aromatic N) is 3. The molecule has 0 N–H and O–H groups in total. The van der Waals surface area contributed by atoms with E-state index in [0.29, 0.717) is 128 Å². The first-order chi connectivity index (χ1) is 31.8. The summed E-state index contributed by atoms with van der Waals surface area (Å²) in [6.07, 6.45) is 3.95. The third kappa shape index (κ3) is 23.9. The zero-order valence-corrected chi connectivity index (χ0v) is 48.8. The Labute approximate surface area is 409 Å². The molecule has 0 aromatic heterocycles. The smallest absolute Gasteiger partial charge is 0.349 e. The van der Waals surface area contributed by atoms with E-state index in [1.54, 1.807) is 0 Å². The van der Waals surface area contributed by atoms with Gasteiger partial charge in [-0.2, -0.15) is 0 Å². The molecule has 3 rings (SSSR count). The summed E-state index contributed by atoms with van der Waals surface area (Å²) < 4.78 is 94.1. The predicted molar refractivity (Wildman–Crippen MR) is 263 cm³/mol. The fraction of sp³-hybridized carbons (Fsp3) is 1.00. The molecule has 3 fully saturated rings. The summed E-state index contributed by atoms with van der Waals surface area (Å²) in [5.41, 5.74) is 0. The monoisotopic (exact) mass is 1040 g/mol. The molecule has 6 atom stereocenters. The van der Waals surface area contributed by atoms with E-state index in [1.165, 1.54) is 0 Å². The van der Waals surface area contributed by atoms with E-state index in [0.717, 1.165) is 50.1 Å². The molecule has 386 valence electrons. The first-order valence-corrected chi connectivity index (χ1v) is 36.0. The maximum absolute atomic E-state index is 6.76. The Balaban J connectivity index is 1.73. The van der Waals surface area contributed by atoms with Crippen LogP contribution in [0.5, 0.6) is 0 Å². The number of hydrogen-bond acceptors (Lipinski definition) is 18. The van der Waals surface area contributed by atoms with Gasteiger partial charge in [0.05, 0.1) is 51.3 Å². The second-order valence-corrected chi connectivity index (χ2v) is 29.7. The van der Waals surface area contributed by atoms with Crippen LogP contribution in [0, 0.1) is 0 Å². The topological polar surface area (TPSA) is 148 Å². The molecule has 18 nitrogen and oxygen atoms in total. The van der Waals surface area contributed by atoms with Gasteiger partial charge in [0, 0.05) is 97.6 Å². The molecule has 0 amide bonds. The molecular formula is C42H89N3O15Si6. The van der Waals surface area contributed by atoms with Crippen LogP contribution < -0.4 is 0 Å². The summed E-state index contributed by atoms with van der Waals surface area (Å²) in [5, 5.41) is 0. The average molecular weight is 1040 g/mol. The molecule has 0 aromatic rings. The molecule has 3 saturated heterocycles. The van der Waals surface area contributed by atoms with Crippen molar-refractivity contribution in [1.82, 2.24) is 14.7 Å². The highest BCUT2D eigenvalue weighted by Crippen LogP contribution is 2.23. The lowest BCUT2D eigenvalue weighted by Gasteiger charge is -2.43. The van der Waals surface area contributed by atoms with E-state index in [9.17, 15) is 0 Å². The Morgan fingerprint density at radius 3 is 0.985 bits per heavy atom. The Hall–Kier alpha value is 0.581. The third-order valence-corrected chi connectivity index (χ3v) is 22.7. The maximum Gasteiger partial charge on any atom is 0.349 e. The van der Waals surface area contributed by atoms with Crippen LogP contribution in [0.4, 0.5) is 0 Å². The first kappa shape index (κ1) is 60.9. The minimum Gasteiger partial charge on any atom is -0.394 e. The Morgan fingerprint density at radius 1 is 0.424 bits per heavy atom. The van der Waals surface area contributed by atoms with Crippen molar-refractivity contribution in [2.24, 2.45) is 0 Å². The van der Waals surface area contributed by atoms with E-state index in [1.807, 2.05) is 62.3 Å². The summed E-state index contributed by atoms with van der Waals surface area (Å²) in [5.74, 6) is -0.638. The minimum absolute atomic E-state index is 0.161. The van der Waals surface area contributed by atoms with Crippen molar-refractivity contribution in [2.45, 2.75) is 124 Å². The molecule has 0 aromatic carbocycles. The fourth-order valence-electron chi connectivity index (χ4n) is 8.40. The van der Waals surface area contributed by atoms with Crippen molar-refractivity contribution in [3.8, 4) is 0 Å². The highest BCUT2D eigenvalue weighted by atomic mass is 28.4. The average Bonchev–Trinajstić information content (AvgIpc) is 3.25. The van der Waals surface area contributed by atoms with E-state index < -0.39 is 25.7 Å². The molecule has 0 spiro atoms. The number of rotatable bonds is 38. The van der Waals surface area contributed by atoms with Gasteiger partial charge in [0.15, 0.2) is 0 Å². The van der Waals surface area contributed by atoms with Gasteiger partial charge in [-0.05, 0) is 100 Å². The van der Waals surface area contributed by atoms with Crippen LogP contribution in [0.3, 0.4) is 0 Å². The summed E-state index contributed by atoms with van der Waals surface area (Å²) in [6.45, 7) is 33.9. The molecule has 3 aliphatic rings. The standard InChI is InChI=1S/C42H89N3O15Si6/c1-13-48-40(49-14-2)61-30-43-22-36(58-64(10,33-43)55-19-7)25-46-27-39(54-29-38-24-45(35-66(12,60-38)57-21-9)32-63-42(52-17-5)53-18-6)28-47-26-37-23-44(34-65(11,59-37)56-20-8)31-62-41(50-15-3)51-16-4/h36-42H,13-35H2,1-12H3. The van der Waals surface area contributed by atoms with E-state index in [2.05, 4.69) is 34.3 Å². The lowest BCUT2D eigenvalue weighted by atomic mass is 10.3. The van der Waals surface area contributed by atoms with Crippen LogP contribution in [-0.4, -0.2) is 260 Å². The van der Waals surface area contributed by atoms with Crippen molar-refractivity contribution in [1.29, 1.82) is 0 Å². The lowest BCUT2D eigenvalue weighted by molar-refractivity contribution is -0.108.